The number of para-hydroxylation sites is 2. The highest BCUT2D eigenvalue weighted by Gasteiger charge is 2.15. The molecule has 0 aromatic heterocycles. The van der Waals surface area contributed by atoms with Crippen molar-refractivity contribution in [1.82, 2.24) is 0 Å². The summed E-state index contributed by atoms with van der Waals surface area (Å²) in [4.78, 5) is 4.64. The molecule has 0 N–H and O–H groups in total. The topological polar surface area (TPSA) is 6.48 Å². The molecule has 2 nitrogen and oxygen atoms in total. The second kappa shape index (κ2) is 12.2. The van der Waals surface area contributed by atoms with E-state index in [-0.39, 0.29) is 0 Å². The Morgan fingerprint density at radius 1 is 0.381 bits per heavy atom. The third kappa shape index (κ3) is 5.84. The standard InChI is InChI=1S/C40H36N2/c1-30(2)34-13-11-19-40(29-34)42(36-16-8-5-9-17-36)38-26-22-33(23-27-38)32-20-24-37(25-21-32)41(35-14-6-4-7-15-35)39-18-10-12-31(3)28-39/h4-30H,1-3H3. The number of rotatable bonds is 8. The normalized spacial score (nSPS) is 11.0. The molecule has 0 aliphatic heterocycles. The summed E-state index contributed by atoms with van der Waals surface area (Å²) in [5.41, 5.74) is 11.8. The van der Waals surface area contributed by atoms with Crippen LogP contribution >= 0.6 is 0 Å². The van der Waals surface area contributed by atoms with Crippen molar-refractivity contribution in [2.45, 2.75) is 26.7 Å². The molecular weight excluding hydrogens is 508 g/mol. The average molecular weight is 545 g/mol. The minimum Gasteiger partial charge on any atom is -0.310 e. The first-order valence-electron chi connectivity index (χ1n) is 14.6. The molecule has 42 heavy (non-hydrogen) atoms. The molecule has 6 aromatic rings. The zero-order chi connectivity index (χ0) is 28.9. The summed E-state index contributed by atoms with van der Waals surface area (Å²) in [6.45, 7) is 6.62. The van der Waals surface area contributed by atoms with E-state index in [9.17, 15) is 0 Å². The largest absolute Gasteiger partial charge is 0.310 e. The van der Waals surface area contributed by atoms with Gasteiger partial charge in [0, 0.05) is 34.1 Å². The van der Waals surface area contributed by atoms with Crippen LogP contribution in [0.5, 0.6) is 0 Å². The number of aryl methyl sites for hydroxylation is 1. The first kappa shape index (κ1) is 27.1. The molecule has 0 atom stereocenters. The second-order valence-electron chi connectivity index (χ2n) is 11.0. The molecular formula is C40H36N2. The van der Waals surface area contributed by atoms with Gasteiger partial charge in [-0.05, 0) is 108 Å². The maximum atomic E-state index is 2.33. The lowest BCUT2D eigenvalue weighted by Crippen LogP contribution is -2.10. The molecule has 6 aromatic carbocycles. The van der Waals surface area contributed by atoms with Crippen LogP contribution in [0.3, 0.4) is 0 Å². The van der Waals surface area contributed by atoms with Crippen molar-refractivity contribution in [1.29, 1.82) is 0 Å². The van der Waals surface area contributed by atoms with E-state index in [0.717, 1.165) is 28.4 Å². The number of nitrogens with zero attached hydrogens (tertiary/aromatic N) is 2. The smallest absolute Gasteiger partial charge is 0.0464 e. The van der Waals surface area contributed by atoms with Gasteiger partial charge in [0.1, 0.15) is 0 Å². The van der Waals surface area contributed by atoms with Crippen molar-refractivity contribution in [3.8, 4) is 11.1 Å². The Morgan fingerprint density at radius 2 is 0.786 bits per heavy atom. The SMILES string of the molecule is Cc1cccc(N(c2ccccc2)c2ccc(-c3ccc(N(c4ccccc4)c4cccc(C(C)C)c4)cc3)cc2)c1. The van der Waals surface area contributed by atoms with Crippen molar-refractivity contribution < 1.29 is 0 Å². The highest BCUT2D eigenvalue weighted by atomic mass is 15.1. The van der Waals surface area contributed by atoms with Crippen molar-refractivity contribution in [2.24, 2.45) is 0 Å². The van der Waals surface area contributed by atoms with Crippen LogP contribution < -0.4 is 9.80 Å². The summed E-state index contributed by atoms with van der Waals surface area (Å²) in [5.74, 6) is 0.469. The van der Waals surface area contributed by atoms with Gasteiger partial charge in [0.25, 0.3) is 0 Å². The molecule has 0 spiro atoms. The first-order chi connectivity index (χ1) is 20.6. The predicted octanol–water partition coefficient (Wildman–Crippen LogP) is 11.7. The average Bonchev–Trinajstić information content (AvgIpc) is 3.03. The molecule has 0 amide bonds. The maximum absolute atomic E-state index is 2.33. The van der Waals surface area contributed by atoms with E-state index in [1.54, 1.807) is 0 Å². The molecule has 0 saturated heterocycles. The summed E-state index contributed by atoms with van der Waals surface area (Å²) in [6, 6.07) is 56.4. The Bertz CT molecular complexity index is 1740. The number of benzene rings is 6. The van der Waals surface area contributed by atoms with E-state index in [1.807, 2.05) is 0 Å². The van der Waals surface area contributed by atoms with Crippen LogP contribution in [0, 0.1) is 6.92 Å². The Kier molecular flexibility index (Phi) is 7.87. The van der Waals surface area contributed by atoms with E-state index in [2.05, 4.69) is 188 Å². The molecule has 206 valence electrons. The van der Waals surface area contributed by atoms with Gasteiger partial charge in [-0.15, -0.1) is 0 Å². The molecule has 0 unspecified atom stereocenters. The van der Waals surface area contributed by atoms with E-state index in [1.165, 1.54) is 27.9 Å². The van der Waals surface area contributed by atoms with E-state index in [0.29, 0.717) is 5.92 Å². The lowest BCUT2D eigenvalue weighted by molar-refractivity contribution is 0.866. The fraction of sp³-hybridized carbons (Fsp3) is 0.100. The Morgan fingerprint density at radius 3 is 1.24 bits per heavy atom. The second-order valence-corrected chi connectivity index (χ2v) is 11.0. The van der Waals surface area contributed by atoms with Crippen LogP contribution in [0.25, 0.3) is 11.1 Å². The predicted molar refractivity (Wildman–Crippen MR) is 180 cm³/mol. The maximum Gasteiger partial charge on any atom is 0.0464 e. The lowest BCUT2D eigenvalue weighted by Gasteiger charge is -2.27. The number of hydrogen-bond donors (Lipinski definition) is 0. The van der Waals surface area contributed by atoms with Gasteiger partial charge >= 0.3 is 0 Å². The number of hydrogen-bond acceptors (Lipinski definition) is 2. The highest BCUT2D eigenvalue weighted by molar-refractivity contribution is 5.81. The van der Waals surface area contributed by atoms with E-state index in [4.69, 9.17) is 0 Å². The first-order valence-corrected chi connectivity index (χ1v) is 14.6. The van der Waals surface area contributed by atoms with Gasteiger partial charge in [0.2, 0.25) is 0 Å². The van der Waals surface area contributed by atoms with Crippen LogP contribution in [0.2, 0.25) is 0 Å². The van der Waals surface area contributed by atoms with Gasteiger partial charge in [-0.2, -0.15) is 0 Å². The molecule has 2 heteroatoms. The molecule has 6 rings (SSSR count). The molecule has 0 heterocycles. The van der Waals surface area contributed by atoms with Gasteiger partial charge in [0.15, 0.2) is 0 Å². The highest BCUT2D eigenvalue weighted by Crippen LogP contribution is 2.38. The summed E-state index contributed by atoms with van der Waals surface area (Å²) >= 11 is 0. The van der Waals surface area contributed by atoms with Crippen LogP contribution in [-0.2, 0) is 0 Å². The van der Waals surface area contributed by atoms with Crippen LogP contribution in [0.4, 0.5) is 34.1 Å². The zero-order valence-electron chi connectivity index (χ0n) is 24.5. The van der Waals surface area contributed by atoms with Crippen LogP contribution in [-0.4, -0.2) is 0 Å². The monoisotopic (exact) mass is 544 g/mol. The third-order valence-corrected chi connectivity index (χ3v) is 7.67. The fourth-order valence-electron chi connectivity index (χ4n) is 5.44. The fourth-order valence-corrected chi connectivity index (χ4v) is 5.44. The van der Waals surface area contributed by atoms with Crippen LogP contribution in [0.15, 0.2) is 158 Å². The summed E-state index contributed by atoms with van der Waals surface area (Å²) in [7, 11) is 0. The van der Waals surface area contributed by atoms with Gasteiger partial charge < -0.3 is 9.80 Å². The van der Waals surface area contributed by atoms with Crippen molar-refractivity contribution >= 4 is 34.1 Å². The minimum absolute atomic E-state index is 0.469. The number of anilines is 6. The van der Waals surface area contributed by atoms with Crippen molar-refractivity contribution in [3.63, 3.8) is 0 Å². The van der Waals surface area contributed by atoms with Gasteiger partial charge in [0.05, 0.1) is 0 Å². The van der Waals surface area contributed by atoms with Gasteiger partial charge in [-0.3, -0.25) is 0 Å². The molecule has 0 saturated carbocycles. The molecule has 0 aliphatic carbocycles. The Labute approximate surface area is 250 Å². The Balaban J connectivity index is 1.32. The quantitative estimate of drug-likeness (QED) is 0.188. The molecule has 0 fully saturated rings. The summed E-state index contributed by atoms with van der Waals surface area (Å²) in [5, 5.41) is 0. The summed E-state index contributed by atoms with van der Waals surface area (Å²) in [6.07, 6.45) is 0. The zero-order valence-corrected chi connectivity index (χ0v) is 24.5. The molecule has 0 radical (unpaired) electrons. The third-order valence-electron chi connectivity index (χ3n) is 7.67. The van der Waals surface area contributed by atoms with Gasteiger partial charge in [-0.25, -0.2) is 0 Å². The van der Waals surface area contributed by atoms with E-state index < -0.39 is 0 Å². The van der Waals surface area contributed by atoms with Crippen LogP contribution in [0.1, 0.15) is 30.9 Å². The Hall–Kier alpha value is -5.08. The van der Waals surface area contributed by atoms with Gasteiger partial charge in [-0.1, -0.05) is 98.8 Å². The molecule has 0 bridgehead atoms. The minimum atomic E-state index is 0.469. The van der Waals surface area contributed by atoms with Crippen molar-refractivity contribution in [2.75, 3.05) is 9.80 Å². The summed E-state index contributed by atoms with van der Waals surface area (Å²) < 4.78 is 0. The van der Waals surface area contributed by atoms with Crippen molar-refractivity contribution in [3.05, 3.63) is 169 Å². The van der Waals surface area contributed by atoms with E-state index >= 15 is 0 Å². The molecule has 0 aliphatic rings. The lowest BCUT2D eigenvalue weighted by atomic mass is 10.0.